The second-order valence-electron chi connectivity index (χ2n) is 12.8. The number of nitrogens with zero attached hydrogens (tertiary/aromatic N) is 4. The third kappa shape index (κ3) is 5.94. The molecule has 4 heterocycles. The maximum Gasteiger partial charge on any atom is 0.349 e. The minimum absolute atomic E-state index is 0.192. The van der Waals surface area contributed by atoms with Gasteiger partial charge in [0, 0.05) is 54.8 Å². The summed E-state index contributed by atoms with van der Waals surface area (Å²) in [5.74, 6) is 0.914. The number of aromatic nitrogens is 4. The first-order valence-electron chi connectivity index (χ1n) is 17.6. The number of primary amides is 2. The third-order valence-electron chi connectivity index (χ3n) is 9.71. The van der Waals surface area contributed by atoms with Gasteiger partial charge in [-0.15, -0.1) is 22.7 Å². The fraction of sp³-hybridized carbons (Fsp3) is 0.195. The number of thiophene rings is 2. The molecular weight excluding hydrogens is 737 g/mol. The molecule has 0 bridgehead atoms. The van der Waals surface area contributed by atoms with Crippen molar-refractivity contribution in [2.24, 2.45) is 11.5 Å². The van der Waals surface area contributed by atoms with Gasteiger partial charge in [-0.2, -0.15) is 0 Å². The summed E-state index contributed by atoms with van der Waals surface area (Å²) in [4.78, 5) is 50.0. The number of fused-ring (bicyclic) bond motifs is 4. The van der Waals surface area contributed by atoms with Crippen LogP contribution in [0.3, 0.4) is 0 Å². The summed E-state index contributed by atoms with van der Waals surface area (Å²) in [6.45, 7) is 4.82. The lowest BCUT2D eigenvalue weighted by Crippen LogP contribution is -2.12. The van der Waals surface area contributed by atoms with Crippen molar-refractivity contribution in [1.29, 1.82) is 0 Å². The molecule has 8 aromatic rings. The Morgan fingerprint density at radius 3 is 1.69 bits per heavy atom. The Labute approximate surface area is 322 Å². The molecule has 4 N–H and O–H groups in total. The lowest BCUT2D eigenvalue weighted by atomic mass is 10.1. The van der Waals surface area contributed by atoms with E-state index in [-0.39, 0.29) is 6.61 Å². The molecule has 8 rings (SSSR count). The highest BCUT2D eigenvalue weighted by Gasteiger charge is 2.29. The SMILES string of the molecule is CCOC(=O)c1sc2cccc(OC)c2c1-c1nc2cc(C(N)=O)ccc2n1CCn1c(-c2c(CC)sc3cccc(OC)c23)nc2cc(C(N)=O)ccc21. The van der Waals surface area contributed by atoms with Crippen molar-refractivity contribution in [1.82, 2.24) is 19.1 Å². The van der Waals surface area contributed by atoms with Gasteiger partial charge in [-0.25, -0.2) is 14.8 Å². The smallest absolute Gasteiger partial charge is 0.349 e. The minimum Gasteiger partial charge on any atom is -0.496 e. The van der Waals surface area contributed by atoms with E-state index in [0.29, 0.717) is 63.1 Å². The fourth-order valence-corrected chi connectivity index (χ4v) is 9.53. The predicted octanol–water partition coefficient (Wildman–Crippen LogP) is 7.80. The topological polar surface area (TPSA) is 167 Å². The van der Waals surface area contributed by atoms with Gasteiger partial charge in [0.15, 0.2) is 0 Å². The number of carbonyl (C=O) groups is 3. The predicted molar refractivity (Wildman–Crippen MR) is 217 cm³/mol. The average Bonchev–Trinajstić information content (AvgIpc) is 3.95. The number of nitrogens with two attached hydrogens (primary N) is 2. The van der Waals surface area contributed by atoms with Crippen LogP contribution in [0.5, 0.6) is 11.5 Å². The molecule has 55 heavy (non-hydrogen) atoms. The number of aryl methyl sites for hydroxylation is 3. The van der Waals surface area contributed by atoms with Crippen LogP contribution in [0.15, 0.2) is 72.8 Å². The normalized spacial score (nSPS) is 11.6. The molecular formula is C41H36N6O6S2. The van der Waals surface area contributed by atoms with Crippen molar-refractivity contribution < 1.29 is 28.6 Å². The highest BCUT2D eigenvalue weighted by molar-refractivity contribution is 7.21. The fourth-order valence-electron chi connectivity index (χ4n) is 7.26. The lowest BCUT2D eigenvalue weighted by molar-refractivity contribution is 0.0532. The first-order chi connectivity index (χ1) is 26.7. The van der Waals surface area contributed by atoms with Crippen LogP contribution < -0.4 is 20.9 Å². The second-order valence-corrected chi connectivity index (χ2v) is 14.9. The molecule has 12 nitrogen and oxygen atoms in total. The van der Waals surface area contributed by atoms with Crippen LogP contribution in [0.25, 0.3) is 65.0 Å². The molecule has 0 aliphatic rings. The first-order valence-corrected chi connectivity index (χ1v) is 19.3. The van der Waals surface area contributed by atoms with Gasteiger partial charge in [-0.3, -0.25) is 9.59 Å². The second kappa shape index (κ2) is 14.2. The van der Waals surface area contributed by atoms with Gasteiger partial charge in [0.05, 0.1) is 48.5 Å². The Morgan fingerprint density at radius 1 is 0.691 bits per heavy atom. The Bertz CT molecular complexity index is 2850. The molecule has 0 unspecified atom stereocenters. The molecule has 278 valence electrons. The molecule has 2 amide bonds. The van der Waals surface area contributed by atoms with Crippen LogP contribution in [0.1, 0.15) is 49.1 Å². The van der Waals surface area contributed by atoms with Crippen LogP contribution in [0.4, 0.5) is 0 Å². The summed E-state index contributed by atoms with van der Waals surface area (Å²) >= 11 is 3.00. The van der Waals surface area contributed by atoms with Crippen LogP contribution >= 0.6 is 22.7 Å². The number of carbonyl (C=O) groups excluding carboxylic acids is 3. The highest BCUT2D eigenvalue weighted by Crippen LogP contribution is 2.46. The lowest BCUT2D eigenvalue weighted by Gasteiger charge is -2.15. The first kappa shape index (κ1) is 35.8. The number of rotatable bonds is 12. The van der Waals surface area contributed by atoms with Gasteiger partial charge in [-0.1, -0.05) is 19.1 Å². The van der Waals surface area contributed by atoms with Crippen LogP contribution in [0, 0.1) is 0 Å². The summed E-state index contributed by atoms with van der Waals surface area (Å²) in [7, 11) is 3.25. The van der Waals surface area contributed by atoms with Gasteiger partial charge in [0.2, 0.25) is 11.8 Å². The number of benzene rings is 4. The van der Waals surface area contributed by atoms with Crippen molar-refractivity contribution >= 4 is 82.7 Å². The summed E-state index contributed by atoms with van der Waals surface area (Å²) in [6, 6.07) is 22.1. The molecule has 0 spiro atoms. The maximum absolute atomic E-state index is 13.6. The van der Waals surface area contributed by atoms with E-state index in [1.165, 1.54) is 11.3 Å². The number of hydrogen-bond donors (Lipinski definition) is 2. The molecule has 14 heteroatoms. The molecule has 0 aliphatic heterocycles. The summed E-state index contributed by atoms with van der Waals surface area (Å²) in [5.41, 5.74) is 16.3. The Kier molecular flexibility index (Phi) is 9.23. The van der Waals surface area contributed by atoms with Gasteiger partial charge in [0.25, 0.3) is 0 Å². The molecule has 4 aromatic heterocycles. The van der Waals surface area contributed by atoms with Gasteiger partial charge >= 0.3 is 5.97 Å². The zero-order valence-corrected chi connectivity index (χ0v) is 32.1. The number of esters is 1. The van der Waals surface area contributed by atoms with E-state index in [4.69, 9.17) is 35.6 Å². The molecule has 0 aliphatic carbocycles. The zero-order chi connectivity index (χ0) is 38.5. The van der Waals surface area contributed by atoms with E-state index in [2.05, 4.69) is 17.6 Å². The van der Waals surface area contributed by atoms with E-state index in [9.17, 15) is 14.4 Å². The number of amides is 2. The summed E-state index contributed by atoms with van der Waals surface area (Å²) in [6.07, 6.45) is 0.760. The number of methoxy groups -OCH3 is 2. The Hall–Kier alpha value is -6.25. The van der Waals surface area contributed by atoms with Gasteiger partial charge < -0.3 is 34.8 Å². The summed E-state index contributed by atoms with van der Waals surface area (Å²) < 4.78 is 23.4. The van der Waals surface area contributed by atoms with E-state index >= 15 is 0 Å². The molecule has 0 saturated heterocycles. The van der Waals surface area contributed by atoms with Crippen molar-refractivity contribution in [2.75, 3.05) is 20.8 Å². The third-order valence-corrected chi connectivity index (χ3v) is 12.1. The van der Waals surface area contributed by atoms with Crippen molar-refractivity contribution in [3.05, 3.63) is 93.7 Å². The zero-order valence-electron chi connectivity index (χ0n) is 30.5. The number of hydrogen-bond acceptors (Lipinski definition) is 10. The van der Waals surface area contributed by atoms with E-state index in [0.717, 1.165) is 53.8 Å². The molecule has 0 atom stereocenters. The average molecular weight is 773 g/mol. The van der Waals surface area contributed by atoms with E-state index < -0.39 is 17.8 Å². The molecule has 0 radical (unpaired) electrons. The van der Waals surface area contributed by atoms with E-state index in [1.54, 1.807) is 56.7 Å². The van der Waals surface area contributed by atoms with Crippen molar-refractivity contribution in [3.8, 4) is 34.3 Å². The van der Waals surface area contributed by atoms with Crippen LogP contribution in [-0.4, -0.2) is 57.7 Å². The summed E-state index contributed by atoms with van der Waals surface area (Å²) in [5, 5.41) is 1.68. The van der Waals surface area contributed by atoms with Gasteiger partial charge in [0.1, 0.15) is 28.0 Å². The van der Waals surface area contributed by atoms with Crippen molar-refractivity contribution in [2.45, 2.75) is 33.4 Å². The Balaban J connectivity index is 1.38. The number of imidazole rings is 2. The molecule has 0 saturated carbocycles. The highest BCUT2D eigenvalue weighted by atomic mass is 32.1. The minimum atomic E-state index is -0.581. The van der Waals surface area contributed by atoms with Gasteiger partial charge in [-0.05, 0) is 74.0 Å². The Morgan fingerprint density at radius 2 is 1.20 bits per heavy atom. The van der Waals surface area contributed by atoms with Crippen LogP contribution in [-0.2, 0) is 24.2 Å². The standard InChI is InChI=1S/C41H36N6O6S2/c1-5-29-34(32-27(51-3)9-7-11-30(32)54-29)39-44-23-19-21(37(42)48)13-15-25(23)46(39)17-18-47-26-16-14-22(38(43)49)20-24(26)45-40(47)35-33-28(52-4)10-8-12-31(33)55-36(35)41(50)53-6-2/h7-16,19-20H,5-6,17-18H2,1-4H3,(H2,42,48)(H2,43,49). The number of ether oxygens (including phenoxy) is 3. The maximum atomic E-state index is 13.6. The largest absolute Gasteiger partial charge is 0.496 e. The quantitative estimate of drug-likeness (QED) is 0.119. The molecule has 0 fully saturated rings. The van der Waals surface area contributed by atoms with Crippen LogP contribution in [0.2, 0.25) is 0 Å². The van der Waals surface area contributed by atoms with Crippen molar-refractivity contribution in [3.63, 3.8) is 0 Å². The van der Waals surface area contributed by atoms with E-state index in [1.807, 2.05) is 47.0 Å². The molecule has 4 aromatic carbocycles. The monoisotopic (exact) mass is 772 g/mol.